The van der Waals surface area contributed by atoms with Crippen LogP contribution in [0.15, 0.2) is 0 Å². The van der Waals surface area contributed by atoms with Crippen molar-refractivity contribution in [2.75, 3.05) is 39.8 Å². The minimum Gasteiger partial charge on any atom is -0.342 e. The molecule has 0 saturated carbocycles. The van der Waals surface area contributed by atoms with E-state index in [2.05, 4.69) is 67.0 Å². The summed E-state index contributed by atoms with van der Waals surface area (Å²) in [4.78, 5) is 34.3. The van der Waals surface area contributed by atoms with Gasteiger partial charge >= 0.3 is 0 Å². The summed E-state index contributed by atoms with van der Waals surface area (Å²) in [6.07, 6.45) is 6.39. The Balaban J connectivity index is 1.58. The Morgan fingerprint density at radius 1 is 1.08 bits per heavy atom. The maximum absolute atomic E-state index is 13.7. The van der Waals surface area contributed by atoms with Crippen molar-refractivity contribution in [3.8, 4) is 0 Å². The number of likely N-dealkylation sites (tertiary alicyclic amines) is 2. The van der Waals surface area contributed by atoms with Crippen LogP contribution in [0.5, 0.6) is 0 Å². The molecule has 0 radical (unpaired) electrons. The lowest BCUT2D eigenvalue weighted by molar-refractivity contribution is -0.162. The molecule has 8 heteroatoms. The van der Waals surface area contributed by atoms with Gasteiger partial charge in [0, 0.05) is 36.9 Å². The summed E-state index contributed by atoms with van der Waals surface area (Å²) in [5.74, 6) is 1.12. The number of carbonyl (C=O) groups excluding carboxylic acids is 2. The minimum atomic E-state index is -0.714. The molecule has 0 aliphatic carbocycles. The summed E-state index contributed by atoms with van der Waals surface area (Å²) in [5, 5.41) is 10.9. The lowest BCUT2D eigenvalue weighted by Crippen LogP contribution is -2.73. The molecule has 1 spiro atoms. The number of carbonyl (C=O) groups is 2. The number of nitrogens with one attached hydrogen (secondary N) is 2. The zero-order valence-electron chi connectivity index (χ0n) is 23.4. The third-order valence-corrected chi connectivity index (χ3v) is 8.96. The van der Waals surface area contributed by atoms with E-state index in [1.54, 1.807) is 0 Å². The highest BCUT2D eigenvalue weighted by Crippen LogP contribution is 2.42. The van der Waals surface area contributed by atoms with Crippen LogP contribution in [0.2, 0.25) is 0 Å². The van der Waals surface area contributed by atoms with E-state index in [1.165, 1.54) is 18.4 Å². The molecule has 3 aliphatic rings. The number of aromatic amines is 1. The van der Waals surface area contributed by atoms with Gasteiger partial charge in [-0.15, -0.1) is 0 Å². The van der Waals surface area contributed by atoms with Crippen molar-refractivity contribution in [2.45, 2.75) is 97.2 Å². The van der Waals surface area contributed by atoms with Gasteiger partial charge in [-0.05, 0) is 84.3 Å². The summed E-state index contributed by atoms with van der Waals surface area (Å²) in [6, 6.07) is -0.0869. The molecule has 1 aromatic heterocycles. The zero-order chi connectivity index (χ0) is 26.0. The van der Waals surface area contributed by atoms with Crippen LogP contribution in [-0.4, -0.2) is 88.1 Å². The molecule has 36 heavy (non-hydrogen) atoms. The summed E-state index contributed by atoms with van der Waals surface area (Å²) in [6.45, 7) is 15.2. The van der Waals surface area contributed by atoms with Crippen molar-refractivity contribution in [1.82, 2.24) is 30.2 Å². The van der Waals surface area contributed by atoms with Crippen molar-refractivity contribution in [3.05, 3.63) is 17.0 Å². The number of aryl methyl sites for hydroxylation is 2. The van der Waals surface area contributed by atoms with Crippen LogP contribution < -0.4 is 5.32 Å². The summed E-state index contributed by atoms with van der Waals surface area (Å²) >= 11 is 0. The molecule has 202 valence electrons. The molecule has 0 aromatic carbocycles. The fourth-order valence-corrected chi connectivity index (χ4v) is 6.87. The number of rotatable bonds is 8. The second-order valence-corrected chi connectivity index (χ2v) is 12.0. The Morgan fingerprint density at radius 2 is 1.75 bits per heavy atom. The van der Waals surface area contributed by atoms with E-state index in [9.17, 15) is 9.59 Å². The van der Waals surface area contributed by atoms with Crippen LogP contribution in [-0.2, 0) is 9.59 Å². The number of amides is 2. The lowest BCUT2D eigenvalue weighted by atomic mass is 9.78. The summed E-state index contributed by atoms with van der Waals surface area (Å²) < 4.78 is 0. The van der Waals surface area contributed by atoms with Crippen LogP contribution in [0.25, 0.3) is 0 Å². The number of hydrogen-bond acceptors (Lipinski definition) is 5. The second kappa shape index (κ2) is 11.2. The van der Waals surface area contributed by atoms with Crippen LogP contribution >= 0.6 is 0 Å². The van der Waals surface area contributed by atoms with Crippen LogP contribution in [0.3, 0.4) is 0 Å². The van der Waals surface area contributed by atoms with Gasteiger partial charge in [0.25, 0.3) is 0 Å². The van der Waals surface area contributed by atoms with E-state index in [0.717, 1.165) is 50.4 Å². The topological polar surface area (TPSA) is 84.6 Å². The van der Waals surface area contributed by atoms with E-state index in [4.69, 9.17) is 0 Å². The third kappa shape index (κ3) is 5.21. The molecule has 4 heterocycles. The van der Waals surface area contributed by atoms with Crippen LogP contribution in [0.4, 0.5) is 0 Å². The first-order valence-electron chi connectivity index (χ1n) is 14.2. The number of H-pyrrole nitrogens is 1. The molecule has 2 N–H and O–H groups in total. The molecular weight excluding hydrogens is 452 g/mol. The van der Waals surface area contributed by atoms with E-state index < -0.39 is 5.54 Å². The van der Waals surface area contributed by atoms with Crippen molar-refractivity contribution in [2.24, 2.45) is 11.8 Å². The molecular formula is C28H48N6O2. The normalized spacial score (nSPS) is 25.1. The van der Waals surface area contributed by atoms with Gasteiger partial charge in [0.15, 0.2) is 0 Å². The average molecular weight is 501 g/mol. The van der Waals surface area contributed by atoms with Gasteiger partial charge in [0.1, 0.15) is 11.6 Å². The van der Waals surface area contributed by atoms with Crippen molar-refractivity contribution in [1.29, 1.82) is 0 Å². The van der Waals surface area contributed by atoms with Gasteiger partial charge < -0.3 is 15.1 Å². The maximum atomic E-state index is 13.7. The van der Waals surface area contributed by atoms with Gasteiger partial charge in [-0.3, -0.25) is 19.6 Å². The van der Waals surface area contributed by atoms with Gasteiger partial charge in [0.05, 0.1) is 5.69 Å². The van der Waals surface area contributed by atoms with E-state index in [0.29, 0.717) is 43.7 Å². The minimum absolute atomic E-state index is 0.0648. The van der Waals surface area contributed by atoms with E-state index >= 15 is 0 Å². The van der Waals surface area contributed by atoms with Gasteiger partial charge in [-0.2, -0.15) is 5.10 Å². The highest BCUT2D eigenvalue weighted by atomic mass is 16.2. The number of nitrogens with zero attached hydrogens (tertiary/aromatic N) is 4. The predicted octanol–water partition coefficient (Wildman–Crippen LogP) is 3.42. The maximum Gasteiger partial charge on any atom is 0.246 e. The Kier molecular flexibility index (Phi) is 8.45. The number of piperidine rings is 2. The van der Waals surface area contributed by atoms with Crippen LogP contribution in [0, 0.1) is 25.7 Å². The van der Waals surface area contributed by atoms with Gasteiger partial charge in [-0.1, -0.05) is 27.2 Å². The Labute approximate surface area is 217 Å². The fourth-order valence-electron chi connectivity index (χ4n) is 6.87. The molecule has 2 atom stereocenters. The molecule has 3 saturated heterocycles. The molecule has 8 nitrogen and oxygen atoms in total. The average Bonchev–Trinajstić information content (AvgIpc) is 3.17. The number of unbranched alkanes of at least 4 members (excludes halogenated alkanes) is 1. The Morgan fingerprint density at radius 3 is 2.31 bits per heavy atom. The Bertz CT molecular complexity index is 892. The van der Waals surface area contributed by atoms with Crippen molar-refractivity contribution < 1.29 is 9.59 Å². The lowest BCUT2D eigenvalue weighted by Gasteiger charge is -2.53. The van der Waals surface area contributed by atoms with E-state index in [1.807, 2.05) is 4.90 Å². The summed E-state index contributed by atoms with van der Waals surface area (Å²) in [7, 11) is 2.21. The molecule has 1 aromatic rings. The molecule has 3 aliphatic heterocycles. The smallest absolute Gasteiger partial charge is 0.246 e. The molecule has 2 amide bonds. The molecule has 3 fully saturated rings. The Hall–Kier alpha value is -1.93. The molecule has 4 rings (SSSR count). The SMILES string of the molecule is CCCCN1C(=O)[C@H](CC(C)C)NC(=O)C12CCN(C(c1c(C)n[nH]c1C)C1CCN(C)CC1)CC2. The van der Waals surface area contributed by atoms with Gasteiger partial charge in [0.2, 0.25) is 11.8 Å². The first-order valence-corrected chi connectivity index (χ1v) is 14.2. The first-order chi connectivity index (χ1) is 17.2. The highest BCUT2D eigenvalue weighted by Gasteiger charge is 2.54. The largest absolute Gasteiger partial charge is 0.342 e. The summed E-state index contributed by atoms with van der Waals surface area (Å²) in [5.41, 5.74) is 2.87. The molecule has 0 bridgehead atoms. The highest BCUT2D eigenvalue weighted by molar-refractivity contribution is 6.00. The van der Waals surface area contributed by atoms with Crippen molar-refractivity contribution >= 4 is 11.8 Å². The van der Waals surface area contributed by atoms with Crippen molar-refractivity contribution in [3.63, 3.8) is 0 Å². The monoisotopic (exact) mass is 500 g/mol. The standard InChI is InChI=1S/C28H48N6O2/c1-7-8-13-34-26(35)23(18-19(2)3)29-27(36)28(34)11-16-33(17-12-28)25(22-9-14-32(6)15-10-22)24-20(4)30-31-21(24)5/h19,22-23,25H,7-18H2,1-6H3,(H,29,36)(H,30,31)/t23-,25?/m0/s1. The number of aromatic nitrogens is 2. The predicted molar refractivity (Wildman–Crippen MR) is 143 cm³/mol. The van der Waals surface area contributed by atoms with Gasteiger partial charge in [-0.25, -0.2) is 0 Å². The zero-order valence-corrected chi connectivity index (χ0v) is 23.4. The third-order valence-electron chi connectivity index (χ3n) is 8.96. The first kappa shape index (κ1) is 27.1. The molecule has 1 unspecified atom stereocenters. The van der Waals surface area contributed by atoms with E-state index in [-0.39, 0.29) is 17.9 Å². The fraction of sp³-hybridized carbons (Fsp3) is 0.821. The number of hydrogen-bond donors (Lipinski definition) is 2. The second-order valence-electron chi connectivity index (χ2n) is 12.0. The number of piperazine rings is 1. The quantitative estimate of drug-likeness (QED) is 0.571. The van der Waals surface area contributed by atoms with Crippen LogP contribution in [0.1, 0.15) is 88.7 Å².